The Morgan fingerprint density at radius 2 is 2.30 bits per heavy atom. The average Bonchev–Trinajstić information content (AvgIpc) is 1.85. The third kappa shape index (κ3) is 1.92. The Morgan fingerprint density at radius 3 is 2.80 bits per heavy atom. The molecule has 4 heteroatoms. The Hall–Kier alpha value is -0.150. The Bertz CT molecular complexity index is 221. The minimum absolute atomic E-state index is 0.189. The molecule has 1 aromatic heterocycles. The maximum Gasteiger partial charge on any atom is 0.214 e. The highest BCUT2D eigenvalue weighted by Crippen LogP contribution is 2.12. The van der Waals surface area contributed by atoms with Gasteiger partial charge < -0.3 is 0 Å². The Balaban J connectivity index is 3.06. The van der Waals surface area contributed by atoms with E-state index in [2.05, 4.69) is 20.9 Å². The molecule has 1 aromatic rings. The van der Waals surface area contributed by atoms with Crippen LogP contribution in [0.3, 0.4) is 0 Å². The normalized spacial score (nSPS) is 9.90. The molecule has 0 radical (unpaired) electrons. The average molecular weight is 224 g/mol. The molecule has 0 saturated carbocycles. The van der Waals surface area contributed by atoms with E-state index in [4.69, 9.17) is 11.6 Å². The number of hydrogen-bond acceptors (Lipinski definition) is 1. The highest BCUT2D eigenvalue weighted by Gasteiger charge is 1.97. The molecule has 0 unspecified atom stereocenters. The summed E-state index contributed by atoms with van der Waals surface area (Å²) in [7, 11) is 0. The van der Waals surface area contributed by atoms with Crippen LogP contribution in [0.25, 0.3) is 0 Å². The summed E-state index contributed by atoms with van der Waals surface area (Å²) < 4.78 is 12.4. The Kier molecular flexibility index (Phi) is 2.63. The number of rotatable bonds is 1. The van der Waals surface area contributed by atoms with Gasteiger partial charge in [-0.3, -0.25) is 0 Å². The first-order valence-electron chi connectivity index (χ1n) is 2.60. The quantitative estimate of drug-likeness (QED) is 0.528. The number of pyridine rings is 1. The molecular formula is C6H4BrClFN. The molecule has 0 aliphatic carbocycles. The number of hydrogen-bond donors (Lipinski definition) is 0. The van der Waals surface area contributed by atoms with E-state index in [1.807, 2.05) is 0 Å². The fourth-order valence-electron chi connectivity index (χ4n) is 0.591. The van der Waals surface area contributed by atoms with Crippen molar-refractivity contribution >= 4 is 27.5 Å². The molecule has 0 amide bonds. The number of nitrogens with zero attached hydrogens (tertiary/aromatic N) is 1. The predicted octanol–water partition coefficient (Wildman–Crippen LogP) is 2.77. The molecule has 1 rings (SSSR count). The molecule has 0 spiro atoms. The highest BCUT2D eigenvalue weighted by atomic mass is 79.9. The van der Waals surface area contributed by atoms with Gasteiger partial charge in [-0.05, 0) is 17.7 Å². The second kappa shape index (κ2) is 3.30. The lowest BCUT2D eigenvalue weighted by Gasteiger charge is -1.94. The van der Waals surface area contributed by atoms with Crippen molar-refractivity contribution in [1.29, 1.82) is 0 Å². The van der Waals surface area contributed by atoms with Gasteiger partial charge in [0.05, 0.1) is 0 Å². The second-order valence-corrected chi connectivity index (χ2v) is 2.70. The first-order chi connectivity index (χ1) is 4.72. The van der Waals surface area contributed by atoms with Crippen LogP contribution in [-0.4, -0.2) is 4.98 Å². The van der Waals surface area contributed by atoms with Gasteiger partial charge in [-0.1, -0.05) is 27.5 Å². The van der Waals surface area contributed by atoms with Crippen molar-refractivity contribution in [3.63, 3.8) is 0 Å². The molecule has 0 fully saturated rings. The zero-order chi connectivity index (χ0) is 7.56. The van der Waals surface area contributed by atoms with E-state index in [1.165, 1.54) is 6.07 Å². The largest absolute Gasteiger partial charge is 0.214 e. The van der Waals surface area contributed by atoms with Crippen molar-refractivity contribution in [2.75, 3.05) is 0 Å². The van der Waals surface area contributed by atoms with Crippen molar-refractivity contribution < 1.29 is 4.39 Å². The summed E-state index contributed by atoms with van der Waals surface area (Å²) in [6.07, 6.45) is 0. The molecule has 0 N–H and O–H groups in total. The van der Waals surface area contributed by atoms with E-state index in [9.17, 15) is 4.39 Å². The summed E-state index contributed by atoms with van der Waals surface area (Å²) in [5.74, 6) is -0.540. The van der Waals surface area contributed by atoms with Crippen LogP contribution >= 0.6 is 27.5 Å². The van der Waals surface area contributed by atoms with Crippen molar-refractivity contribution in [3.8, 4) is 0 Å². The molecule has 0 aromatic carbocycles. The number of alkyl halides is 1. The maximum atomic E-state index is 12.4. The summed E-state index contributed by atoms with van der Waals surface area (Å²) in [5, 5.41) is 0.779. The molecule has 1 nitrogen and oxygen atoms in total. The van der Waals surface area contributed by atoms with E-state index < -0.39 is 5.95 Å². The van der Waals surface area contributed by atoms with Crippen molar-refractivity contribution in [1.82, 2.24) is 4.98 Å². The summed E-state index contributed by atoms with van der Waals surface area (Å²) in [6.45, 7) is 0. The molecule has 0 aliphatic rings. The van der Waals surface area contributed by atoms with E-state index >= 15 is 0 Å². The zero-order valence-electron chi connectivity index (χ0n) is 4.94. The van der Waals surface area contributed by atoms with Crippen LogP contribution in [0.15, 0.2) is 12.1 Å². The van der Waals surface area contributed by atoms with E-state index in [0.29, 0.717) is 5.33 Å². The van der Waals surface area contributed by atoms with Crippen LogP contribution in [-0.2, 0) is 5.33 Å². The third-order valence-electron chi connectivity index (χ3n) is 0.977. The molecule has 0 bridgehead atoms. The number of aromatic nitrogens is 1. The Labute approximate surface area is 71.4 Å². The maximum absolute atomic E-state index is 12.4. The second-order valence-electron chi connectivity index (χ2n) is 1.75. The van der Waals surface area contributed by atoms with Gasteiger partial charge in [0, 0.05) is 5.33 Å². The van der Waals surface area contributed by atoms with E-state index in [0.717, 1.165) is 5.56 Å². The standard InChI is InChI=1S/C6H4BrClFN/c7-3-4-1-5(8)10-6(9)2-4/h1-2H,3H2. The summed E-state index contributed by atoms with van der Waals surface area (Å²) >= 11 is 8.63. The molecule has 10 heavy (non-hydrogen) atoms. The fourth-order valence-corrected chi connectivity index (χ4v) is 1.14. The summed E-state index contributed by atoms with van der Waals surface area (Å²) in [5.41, 5.74) is 0.789. The first kappa shape index (κ1) is 7.95. The molecule has 1 heterocycles. The molecular weight excluding hydrogens is 220 g/mol. The van der Waals surface area contributed by atoms with Gasteiger partial charge in [0.15, 0.2) is 0 Å². The Morgan fingerprint density at radius 1 is 1.60 bits per heavy atom. The minimum Gasteiger partial charge on any atom is -0.208 e. The van der Waals surface area contributed by atoms with Gasteiger partial charge in [0.1, 0.15) is 5.15 Å². The van der Waals surface area contributed by atoms with E-state index in [-0.39, 0.29) is 5.15 Å². The van der Waals surface area contributed by atoms with Crippen LogP contribution in [0.1, 0.15) is 5.56 Å². The van der Waals surface area contributed by atoms with Gasteiger partial charge in [0.25, 0.3) is 0 Å². The molecule has 0 aliphatic heterocycles. The summed E-state index contributed by atoms with van der Waals surface area (Å²) in [6, 6.07) is 2.94. The molecule has 54 valence electrons. The zero-order valence-corrected chi connectivity index (χ0v) is 7.28. The predicted molar refractivity (Wildman–Crippen MR) is 41.8 cm³/mol. The smallest absolute Gasteiger partial charge is 0.208 e. The topological polar surface area (TPSA) is 12.9 Å². The van der Waals surface area contributed by atoms with E-state index in [1.54, 1.807) is 6.07 Å². The van der Waals surface area contributed by atoms with Crippen molar-refractivity contribution in [3.05, 3.63) is 28.8 Å². The van der Waals surface area contributed by atoms with Crippen LogP contribution in [0.4, 0.5) is 4.39 Å². The lowest BCUT2D eigenvalue weighted by molar-refractivity contribution is 0.582. The van der Waals surface area contributed by atoms with Crippen LogP contribution in [0, 0.1) is 5.95 Å². The van der Waals surface area contributed by atoms with Gasteiger partial charge in [-0.15, -0.1) is 0 Å². The van der Waals surface area contributed by atoms with Crippen LogP contribution < -0.4 is 0 Å². The van der Waals surface area contributed by atoms with Crippen LogP contribution in [0.5, 0.6) is 0 Å². The highest BCUT2D eigenvalue weighted by molar-refractivity contribution is 9.08. The summed E-state index contributed by atoms with van der Waals surface area (Å²) in [4.78, 5) is 3.36. The van der Waals surface area contributed by atoms with Gasteiger partial charge in [-0.2, -0.15) is 4.39 Å². The van der Waals surface area contributed by atoms with Crippen molar-refractivity contribution in [2.24, 2.45) is 0 Å². The molecule has 0 atom stereocenters. The van der Waals surface area contributed by atoms with Gasteiger partial charge in [0.2, 0.25) is 5.95 Å². The lowest BCUT2D eigenvalue weighted by Crippen LogP contribution is -1.86. The monoisotopic (exact) mass is 223 g/mol. The number of halogens is 3. The SMILES string of the molecule is Fc1cc(CBr)cc(Cl)n1. The van der Waals surface area contributed by atoms with Gasteiger partial charge in [-0.25, -0.2) is 4.98 Å². The fraction of sp³-hybridized carbons (Fsp3) is 0.167. The molecule has 0 saturated heterocycles. The first-order valence-corrected chi connectivity index (χ1v) is 4.10. The van der Waals surface area contributed by atoms with Gasteiger partial charge >= 0.3 is 0 Å². The van der Waals surface area contributed by atoms with Crippen molar-refractivity contribution in [2.45, 2.75) is 5.33 Å². The van der Waals surface area contributed by atoms with Crippen LogP contribution in [0.2, 0.25) is 5.15 Å². The minimum atomic E-state index is -0.540. The lowest BCUT2D eigenvalue weighted by atomic mass is 10.3. The third-order valence-corrected chi connectivity index (χ3v) is 1.82.